The second kappa shape index (κ2) is 8.61. The van der Waals surface area contributed by atoms with E-state index in [9.17, 15) is 0 Å². The first-order valence-corrected chi connectivity index (χ1v) is 8.27. The van der Waals surface area contributed by atoms with Gasteiger partial charge in [-0.1, -0.05) is 30.4 Å². The number of hydrogen-bond acceptors (Lipinski definition) is 6. The molecule has 1 saturated heterocycles. The van der Waals surface area contributed by atoms with Gasteiger partial charge in [-0.15, -0.1) is 10.2 Å². The van der Waals surface area contributed by atoms with Crippen LogP contribution in [0.2, 0.25) is 0 Å². The number of methoxy groups -OCH3 is 1. The standard InChI is InChI=1S/C18H23N3O3/c1-22-16-9-3-2-6-14(16)7-4-10-19-12-17-20-21-18(24-17)15-8-5-11-23-13-15/h2-4,6-7,9,15,19H,5,8,10-13H2,1H3/b7-4+. The van der Waals surface area contributed by atoms with Crippen LogP contribution in [-0.2, 0) is 11.3 Å². The van der Waals surface area contributed by atoms with Crippen LogP contribution < -0.4 is 10.1 Å². The van der Waals surface area contributed by atoms with Crippen molar-refractivity contribution in [1.82, 2.24) is 15.5 Å². The Hall–Kier alpha value is -2.18. The van der Waals surface area contributed by atoms with Crippen molar-refractivity contribution in [1.29, 1.82) is 0 Å². The van der Waals surface area contributed by atoms with Gasteiger partial charge in [-0.2, -0.15) is 0 Å². The second-order valence-corrected chi connectivity index (χ2v) is 5.72. The number of para-hydroxylation sites is 1. The highest BCUT2D eigenvalue weighted by Gasteiger charge is 2.21. The van der Waals surface area contributed by atoms with Gasteiger partial charge in [0.1, 0.15) is 5.75 Å². The normalized spacial score (nSPS) is 18.1. The minimum absolute atomic E-state index is 0.241. The zero-order chi connectivity index (χ0) is 16.6. The van der Waals surface area contributed by atoms with E-state index in [-0.39, 0.29) is 5.92 Å². The molecule has 1 N–H and O–H groups in total. The zero-order valence-electron chi connectivity index (χ0n) is 13.9. The minimum Gasteiger partial charge on any atom is -0.496 e. The molecule has 1 unspecified atom stereocenters. The minimum atomic E-state index is 0.241. The number of nitrogens with zero attached hydrogens (tertiary/aromatic N) is 2. The predicted molar refractivity (Wildman–Crippen MR) is 90.8 cm³/mol. The van der Waals surface area contributed by atoms with Gasteiger partial charge in [0, 0.05) is 18.7 Å². The first-order chi connectivity index (χ1) is 11.9. The SMILES string of the molecule is COc1ccccc1/C=C/CNCc1nnc(C2CCCOC2)o1. The van der Waals surface area contributed by atoms with Crippen molar-refractivity contribution in [3.8, 4) is 5.75 Å². The summed E-state index contributed by atoms with van der Waals surface area (Å²) in [5.41, 5.74) is 1.05. The van der Waals surface area contributed by atoms with Crippen molar-refractivity contribution in [2.75, 3.05) is 26.9 Å². The van der Waals surface area contributed by atoms with E-state index >= 15 is 0 Å². The number of nitrogens with one attached hydrogen (secondary N) is 1. The summed E-state index contributed by atoms with van der Waals surface area (Å²) in [6, 6.07) is 7.91. The third-order valence-corrected chi connectivity index (χ3v) is 3.97. The van der Waals surface area contributed by atoms with Crippen LogP contribution in [0.1, 0.15) is 36.1 Å². The van der Waals surface area contributed by atoms with Crippen molar-refractivity contribution in [3.63, 3.8) is 0 Å². The predicted octanol–water partition coefficient (Wildman–Crippen LogP) is 2.78. The van der Waals surface area contributed by atoms with Crippen molar-refractivity contribution in [2.24, 2.45) is 0 Å². The largest absolute Gasteiger partial charge is 0.496 e. The van der Waals surface area contributed by atoms with Gasteiger partial charge in [0.2, 0.25) is 11.8 Å². The summed E-state index contributed by atoms with van der Waals surface area (Å²) in [4.78, 5) is 0. The lowest BCUT2D eigenvalue weighted by atomic mass is 10.0. The van der Waals surface area contributed by atoms with Crippen LogP contribution >= 0.6 is 0 Å². The third kappa shape index (κ3) is 4.43. The van der Waals surface area contributed by atoms with Crippen molar-refractivity contribution >= 4 is 6.08 Å². The molecule has 6 heteroatoms. The Bertz CT molecular complexity index is 663. The summed E-state index contributed by atoms with van der Waals surface area (Å²) in [5.74, 6) is 2.41. The molecule has 1 aliphatic heterocycles. The van der Waals surface area contributed by atoms with E-state index < -0.39 is 0 Å². The molecular formula is C18H23N3O3. The molecule has 0 radical (unpaired) electrons. The van der Waals surface area contributed by atoms with E-state index in [2.05, 4.69) is 15.5 Å². The fourth-order valence-electron chi connectivity index (χ4n) is 2.69. The van der Waals surface area contributed by atoms with Crippen molar-refractivity contribution < 1.29 is 13.9 Å². The van der Waals surface area contributed by atoms with Crippen LogP contribution in [0.15, 0.2) is 34.8 Å². The average molecular weight is 329 g/mol. The Morgan fingerprint density at radius 2 is 2.25 bits per heavy atom. The van der Waals surface area contributed by atoms with Gasteiger partial charge in [-0.05, 0) is 18.9 Å². The van der Waals surface area contributed by atoms with Gasteiger partial charge in [-0.25, -0.2) is 0 Å². The smallest absolute Gasteiger partial charge is 0.230 e. The Labute approximate surface area is 141 Å². The van der Waals surface area contributed by atoms with Crippen LogP contribution in [0.3, 0.4) is 0 Å². The summed E-state index contributed by atoms with van der Waals surface area (Å²) in [5, 5.41) is 11.5. The number of hydrogen-bond donors (Lipinski definition) is 1. The van der Waals surface area contributed by atoms with Gasteiger partial charge in [0.05, 0.1) is 26.2 Å². The van der Waals surface area contributed by atoms with Crippen molar-refractivity contribution in [2.45, 2.75) is 25.3 Å². The van der Waals surface area contributed by atoms with Crippen molar-refractivity contribution in [3.05, 3.63) is 47.7 Å². The number of ether oxygens (including phenoxy) is 2. The molecule has 2 heterocycles. The Kier molecular flexibility index (Phi) is 5.98. The average Bonchev–Trinajstić information content (AvgIpc) is 3.11. The lowest BCUT2D eigenvalue weighted by Gasteiger charge is -2.18. The Morgan fingerprint density at radius 1 is 1.33 bits per heavy atom. The molecule has 2 aromatic rings. The van der Waals surface area contributed by atoms with E-state index in [0.717, 1.165) is 30.8 Å². The molecule has 3 rings (SSSR count). The third-order valence-electron chi connectivity index (χ3n) is 3.97. The van der Waals surface area contributed by atoms with E-state index in [0.29, 0.717) is 31.5 Å². The van der Waals surface area contributed by atoms with Crippen LogP contribution in [0.25, 0.3) is 6.08 Å². The topological polar surface area (TPSA) is 69.4 Å². The monoisotopic (exact) mass is 329 g/mol. The maximum Gasteiger partial charge on any atom is 0.230 e. The first-order valence-electron chi connectivity index (χ1n) is 8.27. The van der Waals surface area contributed by atoms with Crippen LogP contribution in [0.4, 0.5) is 0 Å². The fraction of sp³-hybridized carbons (Fsp3) is 0.444. The maximum atomic E-state index is 5.72. The Balaban J connectivity index is 1.45. The quantitative estimate of drug-likeness (QED) is 0.788. The molecule has 0 spiro atoms. The molecule has 24 heavy (non-hydrogen) atoms. The highest BCUT2D eigenvalue weighted by atomic mass is 16.5. The highest BCUT2D eigenvalue weighted by molar-refractivity contribution is 5.57. The van der Waals surface area contributed by atoms with Gasteiger partial charge in [0.15, 0.2) is 0 Å². The highest BCUT2D eigenvalue weighted by Crippen LogP contribution is 2.24. The molecule has 0 saturated carbocycles. The van der Waals surface area contributed by atoms with Gasteiger partial charge in [0.25, 0.3) is 0 Å². The molecule has 0 aliphatic carbocycles. The molecule has 6 nitrogen and oxygen atoms in total. The lowest BCUT2D eigenvalue weighted by molar-refractivity contribution is 0.0721. The molecule has 1 fully saturated rings. The summed E-state index contributed by atoms with van der Waals surface area (Å²) < 4.78 is 16.5. The molecule has 128 valence electrons. The van der Waals surface area contributed by atoms with Gasteiger partial charge in [-0.3, -0.25) is 0 Å². The van der Waals surface area contributed by atoms with E-state index in [1.54, 1.807) is 7.11 Å². The summed E-state index contributed by atoms with van der Waals surface area (Å²) in [7, 11) is 1.68. The maximum absolute atomic E-state index is 5.72. The zero-order valence-corrected chi connectivity index (χ0v) is 13.9. The summed E-state index contributed by atoms with van der Waals surface area (Å²) in [6.45, 7) is 2.77. The van der Waals surface area contributed by atoms with Crippen LogP contribution in [0, 0.1) is 0 Å². The molecule has 0 amide bonds. The molecule has 1 aromatic carbocycles. The second-order valence-electron chi connectivity index (χ2n) is 5.72. The van der Waals surface area contributed by atoms with Gasteiger partial charge >= 0.3 is 0 Å². The molecule has 1 atom stereocenters. The van der Waals surface area contributed by atoms with Gasteiger partial charge < -0.3 is 19.2 Å². The molecular weight excluding hydrogens is 306 g/mol. The number of rotatable bonds is 7. The molecule has 0 bridgehead atoms. The molecule has 1 aliphatic rings. The number of aromatic nitrogens is 2. The summed E-state index contributed by atoms with van der Waals surface area (Å²) >= 11 is 0. The Morgan fingerprint density at radius 3 is 3.08 bits per heavy atom. The first kappa shape index (κ1) is 16.7. The van der Waals surface area contributed by atoms with Crippen LogP contribution in [-0.4, -0.2) is 37.1 Å². The lowest BCUT2D eigenvalue weighted by Crippen LogP contribution is -2.15. The number of benzene rings is 1. The van der Waals surface area contributed by atoms with E-state index in [1.807, 2.05) is 36.4 Å². The van der Waals surface area contributed by atoms with E-state index in [4.69, 9.17) is 13.9 Å². The molecule has 1 aromatic heterocycles. The van der Waals surface area contributed by atoms with Crippen LogP contribution in [0.5, 0.6) is 5.75 Å². The van der Waals surface area contributed by atoms with E-state index in [1.165, 1.54) is 0 Å². The summed E-state index contributed by atoms with van der Waals surface area (Å²) in [6.07, 6.45) is 6.18. The fourth-order valence-corrected chi connectivity index (χ4v) is 2.69.